The number of esters is 1. The highest BCUT2D eigenvalue weighted by molar-refractivity contribution is 9.10. The number of piperidine rings is 1. The lowest BCUT2D eigenvalue weighted by Gasteiger charge is -2.59. The van der Waals surface area contributed by atoms with E-state index in [0.717, 1.165) is 45.1 Å². The minimum atomic E-state index is -0.658. The van der Waals surface area contributed by atoms with Gasteiger partial charge in [0.15, 0.2) is 6.10 Å². The van der Waals surface area contributed by atoms with Gasteiger partial charge in [0.25, 0.3) is 5.91 Å². The summed E-state index contributed by atoms with van der Waals surface area (Å²) in [6.45, 7) is 4.71. The Morgan fingerprint density at radius 2 is 1.88 bits per heavy atom. The van der Waals surface area contributed by atoms with Crippen LogP contribution in [0.15, 0.2) is 0 Å². The van der Waals surface area contributed by atoms with Gasteiger partial charge in [0.05, 0.1) is 5.41 Å². The molecule has 1 saturated heterocycles. The molecule has 5 heteroatoms. The molecular weight excluding hydrogens is 394 g/mol. The second-order valence-electron chi connectivity index (χ2n) is 9.53. The van der Waals surface area contributed by atoms with Crippen LogP contribution in [-0.4, -0.2) is 39.8 Å². The lowest BCUT2D eigenvalue weighted by molar-refractivity contribution is -0.179. The Kier molecular flexibility index (Phi) is 4.90. The van der Waals surface area contributed by atoms with Gasteiger partial charge < -0.3 is 9.64 Å². The van der Waals surface area contributed by atoms with E-state index in [2.05, 4.69) is 22.9 Å². The van der Waals surface area contributed by atoms with Crippen molar-refractivity contribution < 1.29 is 14.3 Å². The maximum Gasteiger partial charge on any atom is 0.312 e. The van der Waals surface area contributed by atoms with Gasteiger partial charge in [0.1, 0.15) is 0 Å². The van der Waals surface area contributed by atoms with Gasteiger partial charge in [-0.2, -0.15) is 0 Å². The molecule has 5 fully saturated rings. The number of carbonyl (C=O) groups is 2. The highest BCUT2D eigenvalue weighted by Gasteiger charge is 2.60. The molecule has 4 nitrogen and oxygen atoms in total. The zero-order chi connectivity index (χ0) is 18.5. The molecule has 4 unspecified atom stereocenters. The molecular formula is C21H32BrNO3. The molecule has 4 bridgehead atoms. The highest BCUT2D eigenvalue weighted by Crippen LogP contribution is 2.64. The van der Waals surface area contributed by atoms with Crippen LogP contribution in [-0.2, 0) is 14.3 Å². The molecule has 5 aliphatic rings. The SMILES string of the molecule is CCC1CCCCN1C(=O)C(C)OC(=O)C12CC3CC(CC(Br)(C3)C1)C2. The third kappa shape index (κ3) is 3.22. The van der Waals surface area contributed by atoms with E-state index in [4.69, 9.17) is 4.74 Å². The Hall–Kier alpha value is -0.580. The number of nitrogens with zero attached hydrogens (tertiary/aromatic N) is 1. The number of hydrogen-bond acceptors (Lipinski definition) is 3. The average molecular weight is 426 g/mol. The van der Waals surface area contributed by atoms with E-state index in [1.54, 1.807) is 6.92 Å². The van der Waals surface area contributed by atoms with Crippen LogP contribution in [0.4, 0.5) is 0 Å². The van der Waals surface area contributed by atoms with Crippen molar-refractivity contribution in [3.05, 3.63) is 0 Å². The Balaban J connectivity index is 1.43. The number of alkyl halides is 1. The van der Waals surface area contributed by atoms with Gasteiger partial charge in [-0.15, -0.1) is 0 Å². The summed E-state index contributed by atoms with van der Waals surface area (Å²) in [7, 11) is 0. The van der Waals surface area contributed by atoms with Crippen LogP contribution in [0, 0.1) is 17.3 Å². The molecule has 4 saturated carbocycles. The van der Waals surface area contributed by atoms with E-state index in [-0.39, 0.29) is 21.6 Å². The molecule has 26 heavy (non-hydrogen) atoms. The summed E-state index contributed by atoms with van der Waals surface area (Å²) < 4.78 is 5.97. The highest BCUT2D eigenvalue weighted by atomic mass is 79.9. The fraction of sp³-hybridized carbons (Fsp3) is 0.905. The quantitative estimate of drug-likeness (QED) is 0.493. The zero-order valence-corrected chi connectivity index (χ0v) is 17.7. The van der Waals surface area contributed by atoms with Crippen LogP contribution in [0.1, 0.15) is 78.1 Å². The van der Waals surface area contributed by atoms with Crippen LogP contribution in [0.25, 0.3) is 0 Å². The number of halogens is 1. The summed E-state index contributed by atoms with van der Waals surface area (Å²) in [5, 5.41) is 0. The number of amides is 1. The molecule has 1 heterocycles. The monoisotopic (exact) mass is 425 g/mol. The summed E-state index contributed by atoms with van der Waals surface area (Å²) in [5.74, 6) is 1.17. The predicted octanol–water partition coefficient (Wildman–Crippen LogP) is 4.44. The molecule has 1 aliphatic heterocycles. The van der Waals surface area contributed by atoms with Crippen LogP contribution in [0.3, 0.4) is 0 Å². The van der Waals surface area contributed by atoms with Gasteiger partial charge in [0.2, 0.25) is 0 Å². The fourth-order valence-corrected chi connectivity index (χ4v) is 8.13. The Bertz CT molecular complexity index is 578. The minimum Gasteiger partial charge on any atom is -0.452 e. The van der Waals surface area contributed by atoms with Crippen molar-refractivity contribution in [3.63, 3.8) is 0 Å². The Morgan fingerprint density at radius 1 is 1.19 bits per heavy atom. The summed E-state index contributed by atoms with van der Waals surface area (Å²) in [4.78, 5) is 28.1. The second kappa shape index (κ2) is 6.79. The number of hydrogen-bond donors (Lipinski definition) is 0. The van der Waals surface area contributed by atoms with Crippen LogP contribution >= 0.6 is 15.9 Å². The Labute approximate surface area is 165 Å². The van der Waals surface area contributed by atoms with Gasteiger partial charge >= 0.3 is 5.97 Å². The molecule has 0 aromatic carbocycles. The fourth-order valence-electron chi connectivity index (χ4n) is 6.67. The minimum absolute atomic E-state index is 0.00295. The van der Waals surface area contributed by atoms with E-state index in [0.29, 0.717) is 17.9 Å². The molecule has 0 aromatic rings. The molecule has 5 rings (SSSR count). The summed E-state index contributed by atoms with van der Waals surface area (Å²) in [6.07, 6.45) is 10.1. The van der Waals surface area contributed by atoms with Gasteiger partial charge in [-0.05, 0) is 83.0 Å². The topological polar surface area (TPSA) is 46.6 Å². The number of ether oxygens (including phenoxy) is 1. The van der Waals surface area contributed by atoms with Gasteiger partial charge in [0, 0.05) is 16.9 Å². The van der Waals surface area contributed by atoms with Crippen LogP contribution in [0.2, 0.25) is 0 Å². The third-order valence-electron chi connectivity index (χ3n) is 7.44. The number of carbonyl (C=O) groups excluding carboxylic acids is 2. The van der Waals surface area contributed by atoms with Crippen LogP contribution in [0.5, 0.6) is 0 Å². The summed E-state index contributed by atoms with van der Waals surface area (Å²) in [5.41, 5.74) is -0.353. The molecule has 1 amide bonds. The molecule has 4 atom stereocenters. The second-order valence-corrected chi connectivity index (χ2v) is 11.2. The number of rotatable bonds is 4. The molecule has 0 aromatic heterocycles. The average Bonchev–Trinajstić information content (AvgIpc) is 2.58. The number of likely N-dealkylation sites (tertiary alicyclic amines) is 1. The summed E-state index contributed by atoms with van der Waals surface area (Å²) in [6, 6.07) is 0.308. The van der Waals surface area contributed by atoms with Crippen molar-refractivity contribution in [1.29, 1.82) is 0 Å². The first-order valence-corrected chi connectivity index (χ1v) is 11.3. The first-order valence-electron chi connectivity index (χ1n) is 10.5. The molecule has 0 spiro atoms. The predicted molar refractivity (Wildman–Crippen MR) is 104 cm³/mol. The maximum atomic E-state index is 13.2. The van der Waals surface area contributed by atoms with Crippen molar-refractivity contribution in [2.45, 2.75) is 94.5 Å². The largest absolute Gasteiger partial charge is 0.452 e. The van der Waals surface area contributed by atoms with E-state index in [1.165, 1.54) is 25.7 Å². The first-order chi connectivity index (χ1) is 12.3. The van der Waals surface area contributed by atoms with Gasteiger partial charge in [-0.1, -0.05) is 22.9 Å². The van der Waals surface area contributed by atoms with Crippen LogP contribution < -0.4 is 0 Å². The first kappa shape index (κ1) is 18.8. The van der Waals surface area contributed by atoms with Gasteiger partial charge in [-0.25, -0.2) is 0 Å². The molecule has 0 radical (unpaired) electrons. The van der Waals surface area contributed by atoms with E-state index >= 15 is 0 Å². The standard InChI is InChI=1S/C21H32BrNO3/c1-3-17-6-4-5-7-23(17)18(24)14(2)26-19(25)20-9-15-8-16(10-20)12-21(22,11-15)13-20/h14-17H,3-13H2,1-2H3. The van der Waals surface area contributed by atoms with E-state index in [9.17, 15) is 9.59 Å². The van der Waals surface area contributed by atoms with Crippen molar-refractivity contribution >= 4 is 27.8 Å². The summed E-state index contributed by atoms with van der Waals surface area (Å²) >= 11 is 3.95. The Morgan fingerprint density at radius 3 is 2.50 bits per heavy atom. The smallest absolute Gasteiger partial charge is 0.312 e. The van der Waals surface area contributed by atoms with Crippen molar-refractivity contribution in [2.24, 2.45) is 17.3 Å². The lowest BCUT2D eigenvalue weighted by Crippen LogP contribution is -2.57. The molecule has 146 valence electrons. The zero-order valence-electron chi connectivity index (χ0n) is 16.1. The normalized spacial score (nSPS) is 42.6. The van der Waals surface area contributed by atoms with Crippen molar-refractivity contribution in [2.75, 3.05) is 6.54 Å². The van der Waals surface area contributed by atoms with Crippen molar-refractivity contribution in [3.8, 4) is 0 Å². The maximum absolute atomic E-state index is 13.2. The van der Waals surface area contributed by atoms with Crippen molar-refractivity contribution in [1.82, 2.24) is 4.90 Å². The van der Waals surface area contributed by atoms with E-state index in [1.807, 2.05) is 4.90 Å². The third-order valence-corrected chi connectivity index (χ3v) is 8.36. The molecule has 4 aliphatic carbocycles. The lowest BCUT2D eigenvalue weighted by atomic mass is 9.49. The van der Waals surface area contributed by atoms with E-state index < -0.39 is 6.10 Å². The molecule has 0 N–H and O–H groups in total. The van der Waals surface area contributed by atoms with Gasteiger partial charge in [-0.3, -0.25) is 9.59 Å².